The largest absolute Gasteiger partial charge is 0.444 e. The van der Waals surface area contributed by atoms with Crippen LogP contribution in [0.5, 0.6) is 0 Å². The number of aromatic amines is 1. The van der Waals surface area contributed by atoms with E-state index in [1.165, 1.54) is 12.3 Å². The van der Waals surface area contributed by atoms with E-state index in [1.807, 2.05) is 0 Å². The Hall–Kier alpha value is -2.64. The summed E-state index contributed by atoms with van der Waals surface area (Å²) in [6.07, 6.45) is 0.488. The summed E-state index contributed by atoms with van der Waals surface area (Å²) in [5, 5.41) is 8.38. The Bertz CT molecular complexity index is 707. The SMILES string of the molecule is CC(C)(C)OC(=O)Nc1cc(-c2cn[nH]c2N)cc(F)c1F. The molecule has 0 unspecified atom stereocenters. The van der Waals surface area contributed by atoms with Crippen molar-refractivity contribution in [3.8, 4) is 11.1 Å². The minimum absolute atomic E-state index is 0.203. The van der Waals surface area contributed by atoms with E-state index in [1.54, 1.807) is 20.8 Å². The molecule has 2 aromatic rings. The molecular weight excluding hydrogens is 294 g/mol. The van der Waals surface area contributed by atoms with Crippen LogP contribution in [0.4, 0.5) is 25.1 Å². The lowest BCUT2D eigenvalue weighted by atomic mass is 10.1. The van der Waals surface area contributed by atoms with Gasteiger partial charge in [0.1, 0.15) is 11.4 Å². The molecule has 2 rings (SSSR count). The van der Waals surface area contributed by atoms with Gasteiger partial charge in [0.05, 0.1) is 11.9 Å². The van der Waals surface area contributed by atoms with E-state index in [-0.39, 0.29) is 17.1 Å². The Morgan fingerprint density at radius 3 is 2.59 bits per heavy atom. The minimum Gasteiger partial charge on any atom is -0.444 e. The molecule has 1 aromatic heterocycles. The number of nitrogens with one attached hydrogen (secondary N) is 2. The number of carbonyl (C=O) groups excluding carboxylic acids is 1. The molecule has 0 bridgehead atoms. The van der Waals surface area contributed by atoms with Crippen LogP contribution in [0.15, 0.2) is 18.3 Å². The van der Waals surface area contributed by atoms with Crippen molar-refractivity contribution >= 4 is 17.6 Å². The van der Waals surface area contributed by atoms with Crippen molar-refractivity contribution in [1.29, 1.82) is 0 Å². The van der Waals surface area contributed by atoms with Crippen molar-refractivity contribution in [2.45, 2.75) is 26.4 Å². The maximum atomic E-state index is 13.8. The molecule has 0 fully saturated rings. The summed E-state index contributed by atoms with van der Waals surface area (Å²) in [6.45, 7) is 4.98. The number of aromatic nitrogens is 2. The highest BCUT2D eigenvalue weighted by Gasteiger charge is 2.20. The maximum absolute atomic E-state index is 13.8. The number of carbonyl (C=O) groups is 1. The fourth-order valence-corrected chi connectivity index (χ4v) is 1.78. The quantitative estimate of drug-likeness (QED) is 0.793. The van der Waals surface area contributed by atoms with Crippen molar-refractivity contribution < 1.29 is 18.3 Å². The zero-order chi connectivity index (χ0) is 16.5. The molecule has 0 aliphatic rings. The molecule has 1 amide bonds. The van der Waals surface area contributed by atoms with Crippen molar-refractivity contribution in [3.05, 3.63) is 30.0 Å². The van der Waals surface area contributed by atoms with Gasteiger partial charge in [0, 0.05) is 5.56 Å². The van der Waals surface area contributed by atoms with E-state index < -0.39 is 23.3 Å². The van der Waals surface area contributed by atoms with E-state index in [4.69, 9.17) is 10.5 Å². The zero-order valence-electron chi connectivity index (χ0n) is 12.3. The highest BCUT2D eigenvalue weighted by atomic mass is 19.2. The Kier molecular flexibility index (Phi) is 4.03. The van der Waals surface area contributed by atoms with E-state index >= 15 is 0 Å². The number of anilines is 2. The van der Waals surface area contributed by atoms with Gasteiger partial charge >= 0.3 is 6.09 Å². The predicted molar refractivity (Wildman–Crippen MR) is 78.2 cm³/mol. The summed E-state index contributed by atoms with van der Waals surface area (Å²) in [4.78, 5) is 11.7. The van der Waals surface area contributed by atoms with Gasteiger partial charge in [0.25, 0.3) is 0 Å². The second-order valence-electron chi connectivity index (χ2n) is 5.64. The van der Waals surface area contributed by atoms with Crippen LogP contribution in [-0.4, -0.2) is 21.9 Å². The monoisotopic (exact) mass is 310 g/mol. The van der Waals surface area contributed by atoms with Crippen LogP contribution in [0.25, 0.3) is 11.1 Å². The number of hydrogen-bond donors (Lipinski definition) is 3. The molecular formula is C14H16F2N4O2. The Morgan fingerprint density at radius 2 is 2.05 bits per heavy atom. The minimum atomic E-state index is -1.18. The van der Waals surface area contributed by atoms with Gasteiger partial charge in [-0.3, -0.25) is 10.4 Å². The third kappa shape index (κ3) is 3.51. The lowest BCUT2D eigenvalue weighted by Crippen LogP contribution is -2.27. The molecule has 0 aliphatic carbocycles. The Labute approximate surface area is 125 Å². The van der Waals surface area contributed by atoms with Crippen LogP contribution in [0.3, 0.4) is 0 Å². The maximum Gasteiger partial charge on any atom is 0.412 e. The summed E-state index contributed by atoms with van der Waals surface area (Å²) >= 11 is 0. The third-order valence-electron chi connectivity index (χ3n) is 2.64. The number of amides is 1. The summed E-state index contributed by atoms with van der Waals surface area (Å²) < 4.78 is 32.5. The van der Waals surface area contributed by atoms with E-state index in [0.717, 1.165) is 6.07 Å². The molecule has 0 saturated carbocycles. The standard InChI is InChI=1S/C14H16F2N4O2/c1-14(2,3)22-13(21)19-10-5-7(4-9(15)11(10)16)8-6-18-20-12(8)17/h4-6H,1-3H3,(H,19,21)(H3,17,18,20). The summed E-state index contributed by atoms with van der Waals surface area (Å²) in [5.41, 5.74) is 5.22. The lowest BCUT2D eigenvalue weighted by molar-refractivity contribution is 0.0635. The summed E-state index contributed by atoms with van der Waals surface area (Å²) in [5.74, 6) is -2.10. The fourth-order valence-electron chi connectivity index (χ4n) is 1.78. The first-order chi connectivity index (χ1) is 10.2. The van der Waals surface area contributed by atoms with Gasteiger partial charge in [-0.1, -0.05) is 0 Å². The molecule has 0 radical (unpaired) electrons. The number of nitrogen functional groups attached to an aromatic ring is 1. The number of halogens is 2. The van der Waals surface area contributed by atoms with Gasteiger partial charge in [0.15, 0.2) is 11.6 Å². The van der Waals surface area contributed by atoms with Crippen molar-refractivity contribution in [3.63, 3.8) is 0 Å². The first kappa shape index (κ1) is 15.7. The highest BCUT2D eigenvalue weighted by Crippen LogP contribution is 2.30. The number of nitrogens with two attached hydrogens (primary N) is 1. The molecule has 0 aliphatic heterocycles. The summed E-state index contributed by atoms with van der Waals surface area (Å²) in [7, 11) is 0. The second kappa shape index (κ2) is 5.63. The van der Waals surface area contributed by atoms with E-state index in [2.05, 4.69) is 15.5 Å². The number of benzene rings is 1. The van der Waals surface area contributed by atoms with Crippen LogP contribution in [-0.2, 0) is 4.74 Å². The Balaban J connectivity index is 2.34. The van der Waals surface area contributed by atoms with Crippen molar-refractivity contribution in [2.75, 3.05) is 11.1 Å². The second-order valence-corrected chi connectivity index (χ2v) is 5.64. The number of nitrogens with zero attached hydrogens (tertiary/aromatic N) is 1. The van der Waals surface area contributed by atoms with E-state index in [9.17, 15) is 13.6 Å². The molecule has 22 heavy (non-hydrogen) atoms. The molecule has 118 valence electrons. The molecule has 1 aromatic carbocycles. The lowest BCUT2D eigenvalue weighted by Gasteiger charge is -2.20. The fraction of sp³-hybridized carbons (Fsp3) is 0.286. The smallest absolute Gasteiger partial charge is 0.412 e. The number of H-pyrrole nitrogens is 1. The summed E-state index contributed by atoms with van der Waals surface area (Å²) in [6, 6.07) is 2.22. The van der Waals surface area contributed by atoms with Gasteiger partial charge in [-0.15, -0.1) is 0 Å². The topological polar surface area (TPSA) is 93.0 Å². The number of ether oxygens (including phenoxy) is 1. The molecule has 4 N–H and O–H groups in total. The van der Waals surface area contributed by atoms with Gasteiger partial charge in [-0.25, -0.2) is 13.6 Å². The van der Waals surface area contributed by atoms with Crippen LogP contribution < -0.4 is 11.1 Å². The average Bonchev–Trinajstić information content (AvgIpc) is 2.78. The van der Waals surface area contributed by atoms with Crippen LogP contribution in [0.2, 0.25) is 0 Å². The molecule has 6 nitrogen and oxygen atoms in total. The Morgan fingerprint density at radius 1 is 1.36 bits per heavy atom. The first-order valence-electron chi connectivity index (χ1n) is 6.45. The molecule has 0 spiro atoms. The van der Waals surface area contributed by atoms with Gasteiger partial charge in [-0.05, 0) is 38.5 Å². The first-order valence-corrected chi connectivity index (χ1v) is 6.45. The molecule has 1 heterocycles. The van der Waals surface area contributed by atoms with Crippen LogP contribution in [0.1, 0.15) is 20.8 Å². The third-order valence-corrected chi connectivity index (χ3v) is 2.64. The molecule has 0 atom stereocenters. The number of rotatable bonds is 2. The molecule has 0 saturated heterocycles. The van der Waals surface area contributed by atoms with Crippen LogP contribution in [0, 0.1) is 11.6 Å². The van der Waals surface area contributed by atoms with Crippen molar-refractivity contribution in [2.24, 2.45) is 0 Å². The van der Waals surface area contributed by atoms with E-state index in [0.29, 0.717) is 5.56 Å². The van der Waals surface area contributed by atoms with Gasteiger partial charge in [-0.2, -0.15) is 5.10 Å². The van der Waals surface area contributed by atoms with Gasteiger partial charge in [0.2, 0.25) is 0 Å². The predicted octanol–water partition coefficient (Wildman–Crippen LogP) is 3.28. The van der Waals surface area contributed by atoms with Crippen molar-refractivity contribution in [1.82, 2.24) is 10.2 Å². The normalized spacial score (nSPS) is 11.3. The molecule has 8 heteroatoms. The van der Waals surface area contributed by atoms with Gasteiger partial charge < -0.3 is 10.5 Å². The zero-order valence-corrected chi connectivity index (χ0v) is 12.3. The average molecular weight is 310 g/mol. The highest BCUT2D eigenvalue weighted by molar-refractivity contribution is 5.87. The number of hydrogen-bond acceptors (Lipinski definition) is 4. The van der Waals surface area contributed by atoms with Crippen LogP contribution >= 0.6 is 0 Å².